The third kappa shape index (κ3) is 4.08. The average molecular weight is 315 g/mol. The highest BCUT2D eigenvalue weighted by molar-refractivity contribution is 6.51. The molecule has 2 rings (SSSR count). The Morgan fingerprint density at radius 1 is 1.24 bits per heavy atom. The number of aliphatic carboxylic acids is 1. The minimum atomic E-state index is -2.07. The standard InChI is InChI=1S/C17H31FO2Si/c1-13(2)3-4-14-5-7-15(8-6-14)17(16(19)20)9-11-21(18)12-10-17/h13-15,21H,3-12H2,1-2H3,(H,19,20)/t14?,15?,17-,21-. The maximum atomic E-state index is 13.5. The van der Waals surface area contributed by atoms with E-state index in [2.05, 4.69) is 13.8 Å². The van der Waals surface area contributed by atoms with Gasteiger partial charge in [0.05, 0.1) is 5.41 Å². The van der Waals surface area contributed by atoms with Crippen molar-refractivity contribution in [1.29, 1.82) is 0 Å². The van der Waals surface area contributed by atoms with Gasteiger partial charge in [0.2, 0.25) is 9.13 Å². The third-order valence-electron chi connectivity index (χ3n) is 6.01. The Labute approximate surface area is 130 Å². The Bertz CT molecular complexity index is 343. The highest BCUT2D eigenvalue weighted by Gasteiger charge is 2.49. The summed E-state index contributed by atoms with van der Waals surface area (Å²) in [5.41, 5.74) is -0.585. The van der Waals surface area contributed by atoms with E-state index in [9.17, 15) is 14.0 Å². The first kappa shape index (κ1) is 17.0. The Morgan fingerprint density at radius 2 is 1.81 bits per heavy atom. The molecule has 1 saturated heterocycles. The van der Waals surface area contributed by atoms with Gasteiger partial charge in [0.1, 0.15) is 0 Å². The topological polar surface area (TPSA) is 37.3 Å². The lowest BCUT2D eigenvalue weighted by Gasteiger charge is -2.43. The minimum absolute atomic E-state index is 0.298. The van der Waals surface area contributed by atoms with Crippen molar-refractivity contribution in [3.63, 3.8) is 0 Å². The zero-order valence-corrected chi connectivity index (χ0v) is 14.8. The van der Waals surface area contributed by atoms with E-state index in [1.807, 2.05) is 0 Å². The summed E-state index contributed by atoms with van der Waals surface area (Å²) in [7, 11) is -2.07. The molecule has 1 N–H and O–H groups in total. The molecule has 2 nitrogen and oxygen atoms in total. The minimum Gasteiger partial charge on any atom is -0.481 e. The Morgan fingerprint density at radius 3 is 2.29 bits per heavy atom. The first-order valence-corrected chi connectivity index (χ1v) is 10.9. The fraction of sp³-hybridized carbons (Fsp3) is 0.941. The van der Waals surface area contributed by atoms with Crippen molar-refractivity contribution in [3.8, 4) is 0 Å². The van der Waals surface area contributed by atoms with Crippen LogP contribution >= 0.6 is 0 Å². The number of halogens is 1. The number of carboxylic acid groups (broad SMARTS) is 1. The SMILES string of the molecule is CC(C)CCC1CCC([C@]2(C(=O)O)CC[Si@H](F)CC2)CC1. The molecule has 0 aromatic carbocycles. The molecule has 0 atom stereocenters. The van der Waals surface area contributed by atoms with Gasteiger partial charge in [0.15, 0.2) is 0 Å². The van der Waals surface area contributed by atoms with Crippen molar-refractivity contribution in [2.75, 3.05) is 0 Å². The van der Waals surface area contributed by atoms with Crippen LogP contribution in [0.5, 0.6) is 0 Å². The van der Waals surface area contributed by atoms with Gasteiger partial charge in [-0.15, -0.1) is 0 Å². The van der Waals surface area contributed by atoms with E-state index in [0.29, 0.717) is 30.8 Å². The molecule has 0 amide bonds. The molecule has 4 heteroatoms. The molecule has 1 heterocycles. The number of hydrogen-bond donors (Lipinski definition) is 1. The molecule has 0 bridgehead atoms. The van der Waals surface area contributed by atoms with E-state index in [1.165, 1.54) is 25.7 Å². The van der Waals surface area contributed by atoms with Crippen LogP contribution in [0.1, 0.15) is 65.2 Å². The molecule has 2 aliphatic rings. The van der Waals surface area contributed by atoms with Gasteiger partial charge in [-0.1, -0.05) is 39.5 Å². The molecule has 0 spiro atoms. The first-order chi connectivity index (χ1) is 9.94. The molecule has 1 aliphatic carbocycles. The molecule has 1 saturated carbocycles. The number of carboxylic acids is 1. The van der Waals surface area contributed by atoms with Crippen molar-refractivity contribution in [2.24, 2.45) is 23.2 Å². The van der Waals surface area contributed by atoms with Gasteiger partial charge >= 0.3 is 5.97 Å². The predicted molar refractivity (Wildman–Crippen MR) is 86.7 cm³/mol. The summed E-state index contributed by atoms with van der Waals surface area (Å²) in [6.07, 6.45) is 8.26. The van der Waals surface area contributed by atoms with Crippen molar-refractivity contribution in [3.05, 3.63) is 0 Å². The first-order valence-electron chi connectivity index (χ1n) is 8.81. The highest BCUT2D eigenvalue weighted by atomic mass is 28.3. The Balaban J connectivity index is 1.91. The van der Waals surface area contributed by atoms with Crippen LogP contribution in [0.2, 0.25) is 12.1 Å². The van der Waals surface area contributed by atoms with E-state index >= 15 is 0 Å². The largest absolute Gasteiger partial charge is 0.481 e. The van der Waals surface area contributed by atoms with E-state index in [-0.39, 0.29) is 0 Å². The van der Waals surface area contributed by atoms with Gasteiger partial charge in [-0.3, -0.25) is 4.79 Å². The van der Waals surface area contributed by atoms with Gasteiger partial charge in [0, 0.05) is 0 Å². The molecule has 1 aliphatic heterocycles. The van der Waals surface area contributed by atoms with Crippen molar-refractivity contribution < 1.29 is 14.0 Å². The average Bonchev–Trinajstić information content (AvgIpc) is 2.46. The second-order valence-corrected chi connectivity index (χ2v) is 10.2. The summed E-state index contributed by atoms with van der Waals surface area (Å²) in [4.78, 5) is 11.9. The quantitative estimate of drug-likeness (QED) is 0.585. The molecule has 0 aromatic rings. The number of carbonyl (C=O) groups is 1. The van der Waals surface area contributed by atoms with Crippen LogP contribution in [-0.4, -0.2) is 20.2 Å². The van der Waals surface area contributed by atoms with Gasteiger partial charge in [0.25, 0.3) is 0 Å². The summed E-state index contributed by atoms with van der Waals surface area (Å²) in [5, 5.41) is 9.76. The summed E-state index contributed by atoms with van der Waals surface area (Å²) < 4.78 is 13.5. The van der Waals surface area contributed by atoms with Crippen molar-refractivity contribution in [2.45, 2.75) is 77.3 Å². The fourth-order valence-electron chi connectivity index (χ4n) is 4.47. The van der Waals surface area contributed by atoms with E-state index in [1.54, 1.807) is 0 Å². The second kappa shape index (κ2) is 7.25. The van der Waals surface area contributed by atoms with Crippen LogP contribution < -0.4 is 0 Å². The molecule has 122 valence electrons. The summed E-state index contributed by atoms with van der Waals surface area (Å²) in [5.74, 6) is 1.21. The Kier molecular flexibility index (Phi) is 5.86. The van der Waals surface area contributed by atoms with Crippen LogP contribution in [0.15, 0.2) is 0 Å². The maximum Gasteiger partial charge on any atom is 0.309 e. The van der Waals surface area contributed by atoms with E-state index < -0.39 is 20.5 Å². The summed E-state index contributed by atoms with van der Waals surface area (Å²) in [6.45, 7) is 4.54. The fourth-order valence-corrected chi connectivity index (χ4v) is 6.41. The highest BCUT2D eigenvalue weighted by Crippen LogP contribution is 2.50. The van der Waals surface area contributed by atoms with Gasteiger partial charge in [-0.05, 0) is 55.5 Å². The molecular weight excluding hydrogens is 283 g/mol. The number of rotatable bonds is 5. The molecule has 21 heavy (non-hydrogen) atoms. The monoisotopic (exact) mass is 314 g/mol. The third-order valence-corrected chi connectivity index (χ3v) is 7.84. The molecule has 0 aromatic heterocycles. The van der Waals surface area contributed by atoms with Gasteiger partial charge in [-0.2, -0.15) is 0 Å². The van der Waals surface area contributed by atoms with Crippen LogP contribution in [0, 0.1) is 23.2 Å². The molecular formula is C17H31FO2Si. The van der Waals surface area contributed by atoms with Gasteiger partial charge in [-0.25, -0.2) is 0 Å². The van der Waals surface area contributed by atoms with Crippen LogP contribution in [0.25, 0.3) is 0 Å². The van der Waals surface area contributed by atoms with E-state index in [4.69, 9.17) is 0 Å². The summed E-state index contributed by atoms with van der Waals surface area (Å²) in [6, 6.07) is 1.17. The van der Waals surface area contributed by atoms with E-state index in [0.717, 1.165) is 24.7 Å². The smallest absolute Gasteiger partial charge is 0.309 e. The second-order valence-electron chi connectivity index (χ2n) is 7.82. The zero-order chi connectivity index (χ0) is 15.5. The van der Waals surface area contributed by atoms with Crippen LogP contribution in [0.3, 0.4) is 0 Å². The maximum absolute atomic E-state index is 13.5. The van der Waals surface area contributed by atoms with Crippen LogP contribution in [-0.2, 0) is 4.79 Å². The molecule has 0 radical (unpaired) electrons. The van der Waals surface area contributed by atoms with Crippen LogP contribution in [0.4, 0.5) is 4.11 Å². The van der Waals surface area contributed by atoms with Crippen molar-refractivity contribution >= 4 is 15.1 Å². The molecule has 2 fully saturated rings. The predicted octanol–water partition coefficient (Wildman–Crippen LogP) is 4.79. The normalized spacial score (nSPS) is 37.6. The molecule has 0 unspecified atom stereocenters. The zero-order valence-electron chi connectivity index (χ0n) is 13.6. The van der Waals surface area contributed by atoms with Gasteiger partial charge < -0.3 is 9.21 Å². The lowest BCUT2D eigenvalue weighted by Crippen LogP contribution is -2.44. The number of hydrogen-bond acceptors (Lipinski definition) is 1. The lowest BCUT2D eigenvalue weighted by atomic mass is 9.63. The Hall–Kier alpha value is -0.383. The lowest BCUT2D eigenvalue weighted by molar-refractivity contribution is -0.155. The summed E-state index contributed by atoms with van der Waals surface area (Å²) >= 11 is 0. The van der Waals surface area contributed by atoms with Crippen molar-refractivity contribution in [1.82, 2.24) is 0 Å².